The van der Waals surface area contributed by atoms with E-state index in [2.05, 4.69) is 15.9 Å². The van der Waals surface area contributed by atoms with Crippen molar-refractivity contribution < 1.29 is 14.7 Å². The van der Waals surface area contributed by atoms with Crippen molar-refractivity contribution in [1.82, 2.24) is 4.57 Å². The summed E-state index contributed by atoms with van der Waals surface area (Å²) in [5.74, 6) is -1.19. The Morgan fingerprint density at radius 3 is 2.45 bits per heavy atom. The minimum atomic E-state index is -0.990. The summed E-state index contributed by atoms with van der Waals surface area (Å²) in [7, 11) is 1.64. The first-order chi connectivity index (χ1) is 9.40. The molecule has 1 aromatic heterocycles. The van der Waals surface area contributed by atoms with Crippen LogP contribution in [-0.4, -0.2) is 21.4 Å². The highest BCUT2D eigenvalue weighted by molar-refractivity contribution is 9.10. The molecule has 0 atom stereocenters. The van der Waals surface area contributed by atoms with Crippen LogP contribution in [0.5, 0.6) is 0 Å². The van der Waals surface area contributed by atoms with Gasteiger partial charge in [0.25, 0.3) is 0 Å². The third-order valence-electron chi connectivity index (χ3n) is 2.96. The van der Waals surface area contributed by atoms with Gasteiger partial charge in [-0.05, 0) is 30.3 Å². The van der Waals surface area contributed by atoms with E-state index in [9.17, 15) is 9.59 Å². The minimum Gasteiger partial charge on any atom is -0.481 e. The van der Waals surface area contributed by atoms with E-state index in [0.29, 0.717) is 17.0 Å². The zero-order valence-electron chi connectivity index (χ0n) is 10.6. The lowest BCUT2D eigenvalue weighted by Gasteiger charge is -2.06. The highest BCUT2D eigenvalue weighted by atomic mass is 79.9. The second-order valence-electron chi connectivity index (χ2n) is 4.29. The normalized spacial score (nSPS) is 10.6. The Morgan fingerprint density at radius 1 is 1.30 bits per heavy atom. The molecule has 0 aliphatic heterocycles. The third kappa shape index (κ3) is 2.94. The molecule has 2 aromatic rings. The second-order valence-corrected chi connectivity index (χ2v) is 5.61. The van der Waals surface area contributed by atoms with Crippen molar-refractivity contribution in [3.05, 3.63) is 56.8 Å². The number of benzene rings is 1. The predicted molar refractivity (Wildman–Crippen MR) is 79.3 cm³/mol. The Labute approximate surface area is 129 Å². The van der Waals surface area contributed by atoms with Gasteiger partial charge in [0.15, 0.2) is 0 Å². The van der Waals surface area contributed by atoms with Crippen LogP contribution in [0.2, 0.25) is 5.02 Å². The van der Waals surface area contributed by atoms with Gasteiger partial charge in [-0.15, -0.1) is 0 Å². The lowest BCUT2D eigenvalue weighted by Crippen LogP contribution is -2.11. The van der Waals surface area contributed by atoms with E-state index in [-0.39, 0.29) is 17.2 Å². The van der Waals surface area contributed by atoms with Crippen molar-refractivity contribution in [3.8, 4) is 0 Å². The van der Waals surface area contributed by atoms with Crippen molar-refractivity contribution in [2.75, 3.05) is 0 Å². The van der Waals surface area contributed by atoms with Crippen molar-refractivity contribution >= 4 is 39.3 Å². The van der Waals surface area contributed by atoms with Gasteiger partial charge in [0.05, 0.1) is 17.1 Å². The van der Waals surface area contributed by atoms with Crippen LogP contribution >= 0.6 is 27.5 Å². The van der Waals surface area contributed by atoms with Crippen molar-refractivity contribution in [2.45, 2.75) is 6.42 Å². The van der Waals surface area contributed by atoms with Crippen LogP contribution in [0.25, 0.3) is 0 Å². The molecule has 0 unspecified atom stereocenters. The van der Waals surface area contributed by atoms with E-state index >= 15 is 0 Å². The zero-order chi connectivity index (χ0) is 14.9. The molecule has 0 aliphatic carbocycles. The number of hydrogen-bond acceptors (Lipinski definition) is 2. The van der Waals surface area contributed by atoms with Crippen LogP contribution in [0.15, 0.2) is 34.8 Å². The Morgan fingerprint density at radius 2 is 1.90 bits per heavy atom. The fourth-order valence-corrected chi connectivity index (χ4v) is 2.48. The molecule has 2 rings (SSSR count). The Kier molecular flexibility index (Phi) is 4.30. The minimum absolute atomic E-state index is 0.196. The average molecular weight is 357 g/mol. The standard InChI is InChI=1S/C14H11BrClNO3/c1-17-11(7-13(18)19)10(16)6-12(17)14(20)8-2-4-9(15)5-3-8/h2-6H,7H2,1H3,(H,18,19). The molecule has 104 valence electrons. The highest BCUT2D eigenvalue weighted by Gasteiger charge is 2.19. The highest BCUT2D eigenvalue weighted by Crippen LogP contribution is 2.23. The summed E-state index contributed by atoms with van der Waals surface area (Å²) >= 11 is 9.31. The number of hydrogen-bond donors (Lipinski definition) is 1. The van der Waals surface area contributed by atoms with Crippen LogP contribution in [-0.2, 0) is 18.3 Å². The smallest absolute Gasteiger partial charge is 0.309 e. The maximum Gasteiger partial charge on any atom is 0.309 e. The molecule has 20 heavy (non-hydrogen) atoms. The van der Waals surface area contributed by atoms with Crippen LogP contribution < -0.4 is 0 Å². The molecule has 0 aliphatic rings. The quantitative estimate of drug-likeness (QED) is 0.855. The van der Waals surface area contributed by atoms with Gasteiger partial charge >= 0.3 is 5.97 Å². The molecule has 0 bridgehead atoms. The fourth-order valence-electron chi connectivity index (χ4n) is 1.92. The molecular formula is C14H11BrClNO3. The molecule has 6 heteroatoms. The number of ketones is 1. The number of nitrogens with zero attached hydrogens (tertiary/aromatic N) is 1. The van der Waals surface area contributed by atoms with E-state index in [1.54, 1.807) is 31.3 Å². The molecule has 0 saturated heterocycles. The van der Waals surface area contributed by atoms with Crippen LogP contribution in [0.1, 0.15) is 21.7 Å². The van der Waals surface area contributed by atoms with Gasteiger partial charge in [-0.1, -0.05) is 27.5 Å². The predicted octanol–water partition coefficient (Wildman–Crippen LogP) is 3.30. The molecule has 0 spiro atoms. The van der Waals surface area contributed by atoms with E-state index in [0.717, 1.165) is 4.47 Å². The number of halogens is 2. The largest absolute Gasteiger partial charge is 0.481 e. The summed E-state index contributed by atoms with van der Waals surface area (Å²) in [5, 5.41) is 9.14. The summed E-state index contributed by atoms with van der Waals surface area (Å²) in [6.45, 7) is 0. The average Bonchev–Trinajstić information content (AvgIpc) is 2.66. The number of aromatic nitrogens is 1. The number of carbonyl (C=O) groups is 2. The topological polar surface area (TPSA) is 59.3 Å². The summed E-state index contributed by atoms with van der Waals surface area (Å²) in [6.07, 6.45) is -0.219. The Balaban J connectivity index is 2.40. The fraction of sp³-hybridized carbons (Fsp3) is 0.143. The molecule has 1 heterocycles. The summed E-state index contributed by atoms with van der Waals surface area (Å²) < 4.78 is 2.41. The first-order valence-electron chi connectivity index (χ1n) is 5.76. The van der Waals surface area contributed by atoms with Crippen LogP contribution in [0, 0.1) is 0 Å². The summed E-state index contributed by atoms with van der Waals surface area (Å²) in [5.41, 5.74) is 1.31. The maximum atomic E-state index is 12.4. The number of aliphatic carboxylic acids is 1. The molecule has 0 radical (unpaired) electrons. The number of rotatable bonds is 4. The van der Waals surface area contributed by atoms with Crippen LogP contribution in [0.3, 0.4) is 0 Å². The molecule has 4 nitrogen and oxygen atoms in total. The first kappa shape index (κ1) is 14.8. The van der Waals surface area contributed by atoms with Gasteiger partial charge in [0, 0.05) is 22.8 Å². The molecular weight excluding hydrogens is 346 g/mol. The van der Waals surface area contributed by atoms with Gasteiger partial charge in [-0.2, -0.15) is 0 Å². The van der Waals surface area contributed by atoms with E-state index in [1.807, 2.05) is 0 Å². The summed E-state index contributed by atoms with van der Waals surface area (Å²) in [4.78, 5) is 23.2. The molecule has 0 amide bonds. The monoisotopic (exact) mass is 355 g/mol. The molecule has 1 N–H and O–H groups in total. The SMILES string of the molecule is Cn1c(C(=O)c2ccc(Br)cc2)cc(Cl)c1CC(=O)O. The van der Waals surface area contributed by atoms with Gasteiger partial charge in [0.1, 0.15) is 0 Å². The van der Waals surface area contributed by atoms with E-state index < -0.39 is 5.97 Å². The lowest BCUT2D eigenvalue weighted by molar-refractivity contribution is -0.136. The van der Waals surface area contributed by atoms with Crippen molar-refractivity contribution in [2.24, 2.45) is 7.05 Å². The zero-order valence-corrected chi connectivity index (χ0v) is 12.9. The lowest BCUT2D eigenvalue weighted by atomic mass is 10.1. The van der Waals surface area contributed by atoms with Gasteiger partial charge in [0.2, 0.25) is 5.78 Å². The van der Waals surface area contributed by atoms with Gasteiger partial charge in [-0.25, -0.2) is 0 Å². The first-order valence-corrected chi connectivity index (χ1v) is 6.93. The maximum absolute atomic E-state index is 12.4. The van der Waals surface area contributed by atoms with Crippen molar-refractivity contribution in [3.63, 3.8) is 0 Å². The van der Waals surface area contributed by atoms with Gasteiger partial charge < -0.3 is 9.67 Å². The Hall–Kier alpha value is -1.59. The van der Waals surface area contributed by atoms with E-state index in [1.165, 1.54) is 10.6 Å². The number of carboxylic acid groups (broad SMARTS) is 1. The van der Waals surface area contributed by atoms with Crippen molar-refractivity contribution in [1.29, 1.82) is 0 Å². The Bertz CT molecular complexity index is 676. The molecule has 0 fully saturated rings. The second kappa shape index (κ2) is 5.81. The van der Waals surface area contributed by atoms with E-state index in [4.69, 9.17) is 16.7 Å². The van der Waals surface area contributed by atoms with Gasteiger partial charge in [-0.3, -0.25) is 9.59 Å². The summed E-state index contributed by atoms with van der Waals surface area (Å²) in [6, 6.07) is 8.45. The molecule has 1 aromatic carbocycles. The van der Waals surface area contributed by atoms with Crippen LogP contribution in [0.4, 0.5) is 0 Å². The number of carboxylic acids is 1. The molecule has 0 saturated carbocycles. The third-order valence-corrected chi connectivity index (χ3v) is 3.82. The number of carbonyl (C=O) groups excluding carboxylic acids is 1.